The Morgan fingerprint density at radius 3 is 1.16 bits per heavy atom. The van der Waals surface area contributed by atoms with Crippen LogP contribution in [0.3, 0.4) is 0 Å². The van der Waals surface area contributed by atoms with Crippen LogP contribution in [0.4, 0.5) is 0 Å². The third kappa shape index (κ3) is 10.1. The van der Waals surface area contributed by atoms with Crippen molar-refractivity contribution in [1.82, 2.24) is 0 Å². The van der Waals surface area contributed by atoms with Crippen molar-refractivity contribution < 1.29 is 77.7 Å². The second-order valence-electron chi connectivity index (χ2n) is 14.7. The Hall–Kier alpha value is 0.282. The molecule has 2 nitrogen and oxygen atoms in total. The van der Waals surface area contributed by atoms with Gasteiger partial charge in [0.1, 0.15) is 0 Å². The summed E-state index contributed by atoms with van der Waals surface area (Å²) in [7, 11) is -3.63. The summed E-state index contributed by atoms with van der Waals surface area (Å²) >= 11 is 0. The Balaban J connectivity index is 0. The van der Waals surface area contributed by atoms with Crippen LogP contribution in [0.25, 0.3) is 0 Å². The molecule has 2 atom stereocenters. The molecule has 0 fully saturated rings. The molecule has 8 heteroatoms. The van der Waals surface area contributed by atoms with Gasteiger partial charge in [0.25, 0.3) is 0 Å². The zero-order chi connectivity index (χ0) is 30.0. The van der Waals surface area contributed by atoms with Crippen LogP contribution in [0, 0.1) is 12.2 Å². The second-order valence-corrected chi connectivity index (χ2v) is 23.9. The van der Waals surface area contributed by atoms with Gasteiger partial charge in [0.2, 0.25) is 0 Å². The van der Waals surface area contributed by atoms with E-state index in [0.717, 1.165) is 25.7 Å². The first kappa shape index (κ1) is 46.4. The molecule has 0 radical (unpaired) electrons. The summed E-state index contributed by atoms with van der Waals surface area (Å²) in [4.78, 5) is 0. The molecule has 0 spiro atoms. The SMILES string of the molecule is CC1=CC=CCC1(OC(C)(C)C)[Si](C)(C)C1=[C-]CC=C1.CC1=CC=CCC1(OC(C)(C)C)[Si](C)(C)C1=[C-]CC=C1.[Cl-].[Cl-].[Ti+2].[Ti+2]. The number of hydrogen-bond acceptors (Lipinski definition) is 2. The van der Waals surface area contributed by atoms with Gasteiger partial charge >= 0.3 is 43.4 Å². The maximum atomic E-state index is 6.70. The summed E-state index contributed by atoms with van der Waals surface area (Å²) in [5.74, 6) is 0. The van der Waals surface area contributed by atoms with Crippen LogP contribution in [0.5, 0.6) is 0 Å². The predicted molar refractivity (Wildman–Crippen MR) is 178 cm³/mol. The van der Waals surface area contributed by atoms with E-state index < -0.39 is 16.1 Å². The Kier molecular flexibility index (Phi) is 18.6. The molecule has 0 aromatic rings. The van der Waals surface area contributed by atoms with Gasteiger partial charge in [0.15, 0.2) is 0 Å². The summed E-state index contributed by atoms with van der Waals surface area (Å²) in [5.41, 5.74) is 2.43. The molecule has 44 heavy (non-hydrogen) atoms. The Morgan fingerprint density at radius 2 is 0.932 bits per heavy atom. The topological polar surface area (TPSA) is 18.5 Å². The fourth-order valence-electron chi connectivity index (χ4n) is 6.63. The van der Waals surface area contributed by atoms with Crippen LogP contribution in [-0.2, 0) is 52.9 Å². The Bertz CT molecular complexity index is 1120. The molecule has 0 aliphatic heterocycles. The van der Waals surface area contributed by atoms with Crippen molar-refractivity contribution in [2.75, 3.05) is 0 Å². The molecule has 0 bridgehead atoms. The van der Waals surface area contributed by atoms with Gasteiger partial charge in [-0.15, -0.1) is 12.8 Å². The predicted octanol–water partition coefficient (Wildman–Crippen LogP) is 3.85. The summed E-state index contributed by atoms with van der Waals surface area (Å²) in [6.45, 7) is 27.1. The van der Waals surface area contributed by atoms with Crippen LogP contribution in [0.2, 0.25) is 26.2 Å². The van der Waals surface area contributed by atoms with Crippen molar-refractivity contribution in [3.8, 4) is 0 Å². The van der Waals surface area contributed by atoms with Crippen LogP contribution >= 0.6 is 0 Å². The zero-order valence-electron chi connectivity index (χ0n) is 29.2. The number of halogens is 2. The molecule has 4 aliphatic rings. The Morgan fingerprint density at radius 1 is 0.614 bits per heavy atom. The number of allylic oxidation sites excluding steroid dienone is 12. The van der Waals surface area contributed by atoms with Gasteiger partial charge < -0.3 is 34.3 Å². The standard InChI is InChI=1S/2C18H27OSi.2ClH.2Ti/c2*1-15-11-9-10-14-18(15,19-17(2,3)4)20(5,6)16-12-7-8-13-16;;;;/h2*7,9-12H,8,14H2,1-6H3;2*1H;;/q2*-1;;;2*+2/p-2. The van der Waals surface area contributed by atoms with Gasteiger partial charge in [0.05, 0.1) is 37.8 Å². The second kappa shape index (κ2) is 17.6. The molecule has 240 valence electrons. The van der Waals surface area contributed by atoms with E-state index in [2.05, 4.69) is 154 Å². The molecule has 0 N–H and O–H groups in total. The minimum absolute atomic E-state index is 0. The van der Waals surface area contributed by atoms with Gasteiger partial charge in [0, 0.05) is 0 Å². The number of ether oxygens (including phenoxy) is 2. The third-order valence-electron chi connectivity index (χ3n) is 8.77. The molecule has 0 aromatic carbocycles. The van der Waals surface area contributed by atoms with E-state index >= 15 is 0 Å². The zero-order valence-corrected chi connectivity index (χ0v) is 35.8. The summed E-state index contributed by atoms with van der Waals surface area (Å²) in [5, 5.41) is 2.50. The van der Waals surface area contributed by atoms with E-state index in [0.29, 0.717) is 0 Å². The molecule has 0 aromatic heterocycles. The third-order valence-corrected chi connectivity index (χ3v) is 17.6. The average Bonchev–Trinajstić information content (AvgIpc) is 3.56. The fourth-order valence-corrected chi connectivity index (χ4v) is 14.2. The fraction of sp³-hybridized carbons (Fsp3) is 0.556. The summed E-state index contributed by atoms with van der Waals surface area (Å²) in [6, 6.07) is 0. The van der Waals surface area contributed by atoms with Crippen molar-refractivity contribution >= 4 is 16.1 Å². The molecule has 4 rings (SSSR count). The first-order valence-corrected chi connectivity index (χ1v) is 21.0. The smallest absolute Gasteiger partial charge is 1.00 e. The van der Waals surface area contributed by atoms with Crippen LogP contribution in [-0.4, -0.2) is 37.8 Å². The normalized spacial score (nSPS) is 24.3. The minimum atomic E-state index is -1.82. The maximum absolute atomic E-state index is 6.70. The molecule has 2 unspecified atom stereocenters. The average molecular weight is 742 g/mol. The van der Waals surface area contributed by atoms with Gasteiger partial charge in [-0.25, -0.2) is 22.5 Å². The van der Waals surface area contributed by atoms with Gasteiger partial charge in [-0.2, -0.15) is 12.2 Å². The monoisotopic (exact) mass is 740 g/mol. The molecule has 0 saturated heterocycles. The molecule has 0 heterocycles. The van der Waals surface area contributed by atoms with Crippen molar-refractivity contribution in [2.45, 2.75) is 129 Å². The first-order valence-electron chi connectivity index (χ1n) is 15.0. The minimum Gasteiger partial charge on any atom is -1.00 e. The molecular weight excluding hydrogens is 687 g/mol. The van der Waals surface area contributed by atoms with Crippen molar-refractivity contribution in [3.05, 3.63) is 94.5 Å². The molecule has 4 aliphatic carbocycles. The van der Waals surface area contributed by atoms with Crippen LogP contribution in [0.1, 0.15) is 81.1 Å². The van der Waals surface area contributed by atoms with Gasteiger partial charge in [-0.05, 0) is 79.4 Å². The number of rotatable bonds is 6. The van der Waals surface area contributed by atoms with Crippen molar-refractivity contribution in [1.29, 1.82) is 0 Å². The van der Waals surface area contributed by atoms with E-state index in [1.165, 1.54) is 21.5 Å². The van der Waals surface area contributed by atoms with Crippen LogP contribution in [0.15, 0.2) is 82.3 Å². The largest absolute Gasteiger partial charge is 2.00 e. The van der Waals surface area contributed by atoms with Gasteiger partial charge in [-0.3, -0.25) is 12.2 Å². The van der Waals surface area contributed by atoms with E-state index in [9.17, 15) is 0 Å². The van der Waals surface area contributed by atoms with Crippen molar-refractivity contribution in [3.63, 3.8) is 0 Å². The van der Waals surface area contributed by atoms with E-state index in [-0.39, 0.29) is 89.9 Å². The van der Waals surface area contributed by atoms with E-state index in [1.807, 2.05) is 0 Å². The number of hydrogen-bond donors (Lipinski definition) is 0. The van der Waals surface area contributed by atoms with E-state index in [4.69, 9.17) is 9.47 Å². The van der Waals surface area contributed by atoms with Crippen LogP contribution < -0.4 is 24.8 Å². The summed E-state index contributed by atoms with van der Waals surface area (Å²) < 4.78 is 13.4. The van der Waals surface area contributed by atoms with Gasteiger partial charge in [-0.1, -0.05) is 62.6 Å². The van der Waals surface area contributed by atoms with E-state index in [1.54, 1.807) is 0 Å². The van der Waals surface area contributed by atoms with Crippen molar-refractivity contribution in [2.24, 2.45) is 0 Å². The molecule has 0 amide bonds. The maximum Gasteiger partial charge on any atom is 2.00 e. The first-order chi connectivity index (χ1) is 18.4. The summed E-state index contributed by atoms with van der Waals surface area (Å²) in [6.07, 6.45) is 33.2. The molecular formula is C36H54Cl2O2Si2Ti2. The quantitative estimate of drug-likeness (QED) is 0.305. The molecule has 0 saturated carbocycles. The Labute approximate surface area is 314 Å².